The number of aldehydes is 1. The van der Waals surface area contributed by atoms with E-state index in [-0.39, 0.29) is 34.5 Å². The molecule has 0 bridgehead atoms. The van der Waals surface area contributed by atoms with Gasteiger partial charge in [-0.3, -0.25) is 0 Å². The molecule has 0 aromatic rings. The lowest BCUT2D eigenvalue weighted by Crippen LogP contribution is -2.57. The first-order chi connectivity index (χ1) is 13.4. The van der Waals surface area contributed by atoms with Crippen LogP contribution in [0.15, 0.2) is 0 Å². The Labute approximate surface area is 187 Å². The topological polar surface area (TPSA) is 54.0 Å². The molecule has 1 aliphatic rings. The van der Waals surface area contributed by atoms with E-state index in [1.54, 1.807) is 0 Å². The summed E-state index contributed by atoms with van der Waals surface area (Å²) < 4.78 is 26.2. The van der Waals surface area contributed by atoms with Crippen molar-refractivity contribution >= 4 is 22.9 Å². The first kappa shape index (κ1) is 28.0. The molecule has 1 aliphatic heterocycles. The van der Waals surface area contributed by atoms with Crippen molar-refractivity contribution in [1.82, 2.24) is 0 Å². The summed E-state index contributed by atoms with van der Waals surface area (Å²) in [5, 5.41) is 0.235. The second kappa shape index (κ2) is 10.3. The molecule has 5 nitrogen and oxygen atoms in total. The van der Waals surface area contributed by atoms with Gasteiger partial charge in [0.05, 0.1) is 24.4 Å². The molecule has 1 rings (SSSR count). The Morgan fingerprint density at radius 1 is 0.967 bits per heavy atom. The van der Waals surface area contributed by atoms with Gasteiger partial charge < -0.3 is 23.1 Å². The molecule has 0 saturated carbocycles. The van der Waals surface area contributed by atoms with E-state index in [0.717, 1.165) is 12.7 Å². The normalized spacial score (nSPS) is 27.7. The first-order valence-electron chi connectivity index (χ1n) is 11.5. The molecule has 0 unspecified atom stereocenters. The van der Waals surface area contributed by atoms with E-state index in [4.69, 9.17) is 18.3 Å². The van der Waals surface area contributed by atoms with E-state index in [0.29, 0.717) is 12.8 Å². The van der Waals surface area contributed by atoms with Crippen LogP contribution < -0.4 is 0 Å². The fourth-order valence-corrected chi connectivity index (χ4v) is 5.71. The van der Waals surface area contributed by atoms with Crippen LogP contribution >= 0.6 is 0 Å². The minimum absolute atomic E-state index is 0.00853. The van der Waals surface area contributed by atoms with Gasteiger partial charge in [0.2, 0.25) is 0 Å². The fourth-order valence-electron chi connectivity index (χ4n) is 3.00. The summed E-state index contributed by atoms with van der Waals surface area (Å²) in [6.07, 6.45) is 2.15. The Hall–Kier alpha value is -0.0562. The van der Waals surface area contributed by atoms with Gasteiger partial charge in [-0.15, -0.1) is 0 Å². The SMILES string of the molecule is C[C@H](CCC=O)O[C@@H]1O[C@@H](C)[C@H](O[Si](C)(C)C(C)(C)C)C[C@H]1O[Si](C)(C)C(C)(C)C. The molecule has 0 aromatic heterocycles. The molecule has 1 fully saturated rings. The van der Waals surface area contributed by atoms with Crippen LogP contribution in [0.2, 0.25) is 36.3 Å². The van der Waals surface area contributed by atoms with Gasteiger partial charge in [-0.1, -0.05) is 41.5 Å². The zero-order valence-electron chi connectivity index (χ0n) is 21.6. The highest BCUT2D eigenvalue weighted by molar-refractivity contribution is 6.74. The molecule has 0 radical (unpaired) electrons. The van der Waals surface area contributed by atoms with Crippen molar-refractivity contribution in [2.24, 2.45) is 0 Å². The largest absolute Gasteiger partial charge is 0.411 e. The molecule has 7 heteroatoms. The van der Waals surface area contributed by atoms with Gasteiger partial charge in [-0.25, -0.2) is 0 Å². The highest BCUT2D eigenvalue weighted by Crippen LogP contribution is 2.42. The predicted octanol–water partition coefficient (Wildman–Crippen LogP) is 6.29. The molecule has 30 heavy (non-hydrogen) atoms. The lowest BCUT2D eigenvalue weighted by Gasteiger charge is -2.48. The zero-order valence-corrected chi connectivity index (χ0v) is 23.6. The zero-order chi connectivity index (χ0) is 23.5. The Balaban J connectivity index is 3.06. The summed E-state index contributed by atoms with van der Waals surface area (Å²) in [5.41, 5.74) is 0. The first-order valence-corrected chi connectivity index (χ1v) is 17.3. The molecule has 0 spiro atoms. The van der Waals surface area contributed by atoms with Crippen LogP contribution in [0, 0.1) is 0 Å². The van der Waals surface area contributed by atoms with Crippen LogP contribution in [0.25, 0.3) is 0 Å². The van der Waals surface area contributed by atoms with Gasteiger partial charge in [0.15, 0.2) is 22.9 Å². The van der Waals surface area contributed by atoms with Crippen LogP contribution in [0.4, 0.5) is 0 Å². The quantitative estimate of drug-likeness (QED) is 0.299. The highest BCUT2D eigenvalue weighted by atomic mass is 28.4. The summed E-state index contributed by atoms with van der Waals surface area (Å²) >= 11 is 0. The fraction of sp³-hybridized carbons (Fsp3) is 0.957. The Kier molecular flexibility index (Phi) is 9.56. The average Bonchev–Trinajstić information content (AvgIpc) is 2.54. The van der Waals surface area contributed by atoms with Crippen LogP contribution in [-0.4, -0.2) is 53.6 Å². The summed E-state index contributed by atoms with van der Waals surface area (Å²) in [5.74, 6) is 0. The van der Waals surface area contributed by atoms with E-state index in [1.165, 1.54) is 0 Å². The van der Waals surface area contributed by atoms with Crippen molar-refractivity contribution < 1.29 is 23.1 Å². The van der Waals surface area contributed by atoms with Gasteiger partial charge in [0.25, 0.3) is 0 Å². The molecule has 1 saturated heterocycles. The maximum atomic E-state index is 10.8. The summed E-state index contributed by atoms with van der Waals surface area (Å²) in [6, 6.07) is 0. The molecule has 0 aliphatic carbocycles. The maximum absolute atomic E-state index is 10.8. The smallest absolute Gasteiger partial charge is 0.192 e. The molecule has 5 atom stereocenters. The molecular weight excluding hydrogens is 412 g/mol. The van der Waals surface area contributed by atoms with E-state index < -0.39 is 22.9 Å². The third-order valence-electron chi connectivity index (χ3n) is 7.20. The van der Waals surface area contributed by atoms with Crippen molar-refractivity contribution in [2.45, 2.75) is 142 Å². The molecular formula is C23H48O5Si2. The summed E-state index contributed by atoms with van der Waals surface area (Å²) in [4.78, 5) is 10.8. The Morgan fingerprint density at radius 3 is 1.87 bits per heavy atom. The van der Waals surface area contributed by atoms with Crippen LogP contribution in [0.5, 0.6) is 0 Å². The minimum Gasteiger partial charge on any atom is -0.411 e. The third-order valence-corrected chi connectivity index (χ3v) is 16.2. The second-order valence-corrected chi connectivity index (χ2v) is 21.5. The van der Waals surface area contributed by atoms with E-state index in [9.17, 15) is 4.79 Å². The van der Waals surface area contributed by atoms with Crippen LogP contribution in [0.3, 0.4) is 0 Å². The van der Waals surface area contributed by atoms with Crippen molar-refractivity contribution in [2.75, 3.05) is 0 Å². The predicted molar refractivity (Wildman–Crippen MR) is 129 cm³/mol. The monoisotopic (exact) mass is 460 g/mol. The van der Waals surface area contributed by atoms with Crippen molar-refractivity contribution in [3.63, 3.8) is 0 Å². The average molecular weight is 461 g/mol. The summed E-state index contributed by atoms with van der Waals surface area (Å²) in [6.45, 7) is 26.7. The standard InChI is InChI=1S/C23H48O5Si2/c1-17(14-13-15-24)25-21-20(28-30(11,12)23(6,7)8)16-19(18(2)26-21)27-29(9,10)22(3,4)5/h15,17-21H,13-14,16H2,1-12H3/t17-,18+,19-,20-,21-/m1/s1. The molecule has 1 heterocycles. The molecule has 0 aromatic carbocycles. The highest BCUT2D eigenvalue weighted by Gasteiger charge is 2.48. The number of carbonyl (C=O) groups excluding carboxylic acids is 1. The number of rotatable bonds is 9. The number of ether oxygens (including phenoxy) is 2. The van der Waals surface area contributed by atoms with Gasteiger partial charge in [-0.2, -0.15) is 0 Å². The number of carbonyl (C=O) groups is 1. The molecule has 178 valence electrons. The van der Waals surface area contributed by atoms with Gasteiger partial charge in [-0.05, 0) is 56.5 Å². The van der Waals surface area contributed by atoms with Gasteiger partial charge >= 0.3 is 0 Å². The Bertz CT molecular complexity index is 551. The Morgan fingerprint density at radius 2 is 1.43 bits per heavy atom. The van der Waals surface area contributed by atoms with Crippen LogP contribution in [0.1, 0.15) is 74.7 Å². The maximum Gasteiger partial charge on any atom is 0.192 e. The molecule has 0 N–H and O–H groups in total. The molecule has 0 amide bonds. The number of hydrogen-bond donors (Lipinski definition) is 0. The lowest BCUT2D eigenvalue weighted by molar-refractivity contribution is -0.268. The van der Waals surface area contributed by atoms with Crippen molar-refractivity contribution in [1.29, 1.82) is 0 Å². The van der Waals surface area contributed by atoms with E-state index in [1.807, 2.05) is 6.92 Å². The van der Waals surface area contributed by atoms with Crippen molar-refractivity contribution in [3.8, 4) is 0 Å². The third kappa shape index (κ3) is 7.52. The van der Waals surface area contributed by atoms with Crippen molar-refractivity contribution in [3.05, 3.63) is 0 Å². The lowest BCUT2D eigenvalue weighted by atomic mass is 10.0. The number of hydrogen-bond acceptors (Lipinski definition) is 5. The van der Waals surface area contributed by atoms with E-state index in [2.05, 4.69) is 74.7 Å². The van der Waals surface area contributed by atoms with Gasteiger partial charge in [0, 0.05) is 12.8 Å². The van der Waals surface area contributed by atoms with Crippen LogP contribution in [-0.2, 0) is 23.1 Å². The summed E-state index contributed by atoms with van der Waals surface area (Å²) in [7, 11) is -3.95. The van der Waals surface area contributed by atoms with E-state index >= 15 is 0 Å². The minimum atomic E-state index is -2.02. The second-order valence-electron chi connectivity index (χ2n) is 12.0. The van der Waals surface area contributed by atoms with Gasteiger partial charge in [0.1, 0.15) is 6.29 Å².